The first-order valence-electron chi connectivity index (χ1n) is 7.13. The number of H-pyrrole nitrogens is 1. The first kappa shape index (κ1) is 7.37. The van der Waals surface area contributed by atoms with Crippen molar-refractivity contribution in [1.82, 2.24) is 10.3 Å². The summed E-state index contributed by atoms with van der Waals surface area (Å²) in [7, 11) is 1.50. The van der Waals surface area contributed by atoms with Gasteiger partial charge in [-0.05, 0) is 30.1 Å². The molecule has 1 aromatic carbocycles. The van der Waals surface area contributed by atoms with Crippen LogP contribution in [0.2, 0.25) is 0 Å². The number of amides is 1. The summed E-state index contributed by atoms with van der Waals surface area (Å²) in [5.74, 6) is -0.0967. The lowest BCUT2D eigenvalue weighted by atomic mass is 10.1. The van der Waals surface area contributed by atoms with Gasteiger partial charge in [-0.25, -0.2) is 0 Å². The molecule has 0 aliphatic carbocycles. The van der Waals surface area contributed by atoms with Crippen LogP contribution in [0.3, 0.4) is 0 Å². The van der Waals surface area contributed by atoms with Crippen molar-refractivity contribution in [3.05, 3.63) is 30.0 Å². The Kier molecular flexibility index (Phi) is 2.13. The number of aromatic nitrogens is 1. The molecule has 4 nitrogen and oxygen atoms in total. The van der Waals surface area contributed by atoms with Gasteiger partial charge in [-0.15, -0.1) is 0 Å². The molecule has 2 N–H and O–H groups in total. The van der Waals surface area contributed by atoms with Crippen LogP contribution in [0.4, 0.5) is 0 Å². The lowest BCUT2D eigenvalue weighted by Gasteiger charge is -2.03. The van der Waals surface area contributed by atoms with Crippen molar-refractivity contribution in [3.8, 4) is 5.75 Å². The van der Waals surface area contributed by atoms with E-state index in [-0.39, 0.29) is 5.56 Å². The van der Waals surface area contributed by atoms with Crippen molar-refractivity contribution in [1.29, 1.82) is 0 Å². The summed E-state index contributed by atoms with van der Waals surface area (Å²) in [6.07, 6.45) is -1.01. The number of carbonyl (C=O) groups excluding carboxylic acids is 1. The Labute approximate surface area is 106 Å². The Morgan fingerprint density at radius 2 is 2.41 bits per heavy atom. The largest absolute Gasteiger partial charge is 0.497 e. The second kappa shape index (κ2) is 4.91. The number of hydrogen-bond acceptors (Lipinski definition) is 2. The normalized spacial score (nSPS) is 15.6. The summed E-state index contributed by atoms with van der Waals surface area (Å²) in [5, 5.41) is 2.52. The summed E-state index contributed by atoms with van der Waals surface area (Å²) < 4.78 is 37.0. The fourth-order valence-electron chi connectivity index (χ4n) is 1.52. The lowest BCUT2D eigenvalue weighted by Crippen LogP contribution is -2.22. The maximum absolute atomic E-state index is 11.1. The molecule has 2 aromatic rings. The minimum atomic E-state index is -2.54. The van der Waals surface area contributed by atoms with Gasteiger partial charge in [0.25, 0.3) is 0 Å². The fourth-order valence-corrected chi connectivity index (χ4v) is 1.52. The Hall–Kier alpha value is -1.97. The molecule has 90 valence electrons. The van der Waals surface area contributed by atoms with Gasteiger partial charge in [0.2, 0.25) is 5.91 Å². The number of hydrogen-bond donors (Lipinski definition) is 2. The van der Waals surface area contributed by atoms with Gasteiger partial charge in [0.1, 0.15) is 5.75 Å². The minimum Gasteiger partial charge on any atom is -0.497 e. The number of carbonyl (C=O) groups is 1. The molecule has 17 heavy (non-hydrogen) atoms. The second-order valence-corrected chi connectivity index (χ2v) is 3.55. The quantitative estimate of drug-likeness (QED) is 0.797. The fraction of sp³-hybridized carbons (Fsp3) is 0.308. The highest BCUT2D eigenvalue weighted by Gasteiger charge is 2.05. The van der Waals surface area contributed by atoms with E-state index >= 15 is 0 Å². The Morgan fingerprint density at radius 3 is 3.12 bits per heavy atom. The van der Waals surface area contributed by atoms with Gasteiger partial charge in [-0.3, -0.25) is 4.79 Å². The maximum atomic E-state index is 11.1. The van der Waals surface area contributed by atoms with Crippen molar-refractivity contribution in [2.75, 3.05) is 13.6 Å². The predicted molar refractivity (Wildman–Crippen MR) is 67.2 cm³/mol. The highest BCUT2D eigenvalue weighted by molar-refractivity contribution is 5.84. The van der Waals surface area contributed by atoms with E-state index < -0.39 is 18.8 Å². The van der Waals surface area contributed by atoms with Crippen LogP contribution < -0.4 is 10.1 Å². The standard InChI is InChI=1S/C13H16N2O2/c1-9(16)14-6-5-10-8-15-13-4-3-11(17-2)7-12(10)13/h3-4,7-8,15H,5-6H2,1-2H3,(H,14,16)/i5D2,6+1D2. The predicted octanol–water partition coefficient (Wildman–Crippen LogP) is 1.86. The van der Waals surface area contributed by atoms with Gasteiger partial charge in [-0.1, -0.05) is 0 Å². The molecule has 1 heterocycles. The molecule has 0 atom stereocenters. The molecule has 0 aliphatic rings. The number of benzene rings is 1. The zero-order valence-corrected chi connectivity index (χ0v) is 9.63. The van der Waals surface area contributed by atoms with Crippen LogP contribution in [0.15, 0.2) is 24.4 Å². The third-order valence-electron chi connectivity index (χ3n) is 2.32. The molecule has 0 spiro atoms. The third kappa shape index (κ3) is 2.58. The Balaban J connectivity index is 2.56. The molecule has 1 amide bonds. The van der Waals surface area contributed by atoms with Crippen LogP contribution in [0.25, 0.3) is 10.9 Å². The Morgan fingerprint density at radius 1 is 1.59 bits per heavy atom. The summed E-state index contributed by atoms with van der Waals surface area (Å²) in [6, 6.07) is 5.07. The molecular formula is C13H16N2O2. The van der Waals surface area contributed by atoms with E-state index in [1.165, 1.54) is 13.3 Å². The van der Waals surface area contributed by atoms with E-state index in [4.69, 9.17) is 10.2 Å². The molecule has 1 aromatic heterocycles. The zero-order chi connectivity index (χ0) is 15.8. The molecule has 0 fully saturated rings. The van der Waals surface area contributed by atoms with Crippen molar-refractivity contribution in [2.24, 2.45) is 0 Å². The minimum absolute atomic E-state index is 0.121. The van der Waals surface area contributed by atoms with E-state index in [2.05, 4.69) is 4.98 Å². The number of nitrogens with one attached hydrogen (secondary N) is 2. The average molecular weight is 237 g/mol. The molecule has 4 heteroatoms. The van der Waals surface area contributed by atoms with Gasteiger partial charge >= 0.3 is 0 Å². The molecular weight excluding hydrogens is 217 g/mol. The first-order chi connectivity index (χ1) is 9.69. The SMILES string of the molecule is [2H]C([2H])(c1c[nH]c2ccc(OC)cc12)[13C]([2H])([2H])NC(C)=O. The van der Waals surface area contributed by atoms with Crippen LogP contribution in [0.5, 0.6) is 5.75 Å². The van der Waals surface area contributed by atoms with Crippen LogP contribution >= 0.6 is 0 Å². The van der Waals surface area contributed by atoms with E-state index in [0.29, 0.717) is 16.7 Å². The number of fused-ring (bicyclic) bond motifs is 1. The summed E-state index contributed by atoms with van der Waals surface area (Å²) in [4.78, 5) is 14.0. The van der Waals surface area contributed by atoms with E-state index in [9.17, 15) is 4.79 Å². The van der Waals surface area contributed by atoms with Crippen molar-refractivity contribution < 1.29 is 15.0 Å². The average Bonchev–Trinajstić information content (AvgIpc) is 2.79. The molecule has 0 radical (unpaired) electrons. The van der Waals surface area contributed by atoms with Crippen LogP contribution in [0, 0.1) is 0 Å². The molecule has 0 unspecified atom stereocenters. The number of aromatic amines is 1. The molecule has 0 bridgehead atoms. The number of rotatable bonds is 4. The van der Waals surface area contributed by atoms with Gasteiger partial charge in [0.05, 0.1) is 7.11 Å². The summed E-state index contributed by atoms with van der Waals surface area (Å²) in [5.41, 5.74) is 0.781. The monoisotopic (exact) mass is 237 g/mol. The summed E-state index contributed by atoms with van der Waals surface area (Å²) in [6.45, 7) is -1.40. The first-order valence-corrected chi connectivity index (χ1v) is 5.13. The van der Waals surface area contributed by atoms with E-state index in [1.54, 1.807) is 18.2 Å². The Bertz CT molecular complexity index is 682. The molecule has 0 aliphatic heterocycles. The number of ether oxygens (including phenoxy) is 1. The third-order valence-corrected chi connectivity index (χ3v) is 2.32. The van der Waals surface area contributed by atoms with Gasteiger partial charge in [0, 0.05) is 36.0 Å². The maximum Gasteiger partial charge on any atom is 0.216 e. The van der Waals surface area contributed by atoms with Crippen LogP contribution in [-0.2, 0) is 11.2 Å². The van der Waals surface area contributed by atoms with E-state index in [1.807, 2.05) is 5.32 Å². The molecule has 0 saturated heterocycles. The zero-order valence-electron chi connectivity index (χ0n) is 13.6. The van der Waals surface area contributed by atoms with Crippen molar-refractivity contribution >= 4 is 16.8 Å². The van der Waals surface area contributed by atoms with Gasteiger partial charge in [0.15, 0.2) is 0 Å². The van der Waals surface area contributed by atoms with Crippen LogP contribution in [0.1, 0.15) is 18.0 Å². The van der Waals surface area contributed by atoms with E-state index in [0.717, 1.165) is 6.92 Å². The van der Waals surface area contributed by atoms with Crippen molar-refractivity contribution in [3.63, 3.8) is 0 Å². The highest BCUT2D eigenvalue weighted by atomic mass is 16.5. The van der Waals surface area contributed by atoms with Crippen molar-refractivity contribution in [2.45, 2.75) is 13.3 Å². The topological polar surface area (TPSA) is 54.1 Å². The van der Waals surface area contributed by atoms with Gasteiger partial charge < -0.3 is 15.0 Å². The van der Waals surface area contributed by atoms with Gasteiger partial charge in [-0.2, -0.15) is 0 Å². The number of methoxy groups -OCH3 is 1. The lowest BCUT2D eigenvalue weighted by molar-refractivity contribution is -0.118. The van der Waals surface area contributed by atoms with Crippen LogP contribution in [-0.4, -0.2) is 24.5 Å². The smallest absolute Gasteiger partial charge is 0.216 e. The highest BCUT2D eigenvalue weighted by Crippen LogP contribution is 2.23. The second-order valence-electron chi connectivity index (χ2n) is 3.55. The summed E-state index contributed by atoms with van der Waals surface area (Å²) >= 11 is 0. The molecule has 0 saturated carbocycles. The molecule has 2 rings (SSSR count). The number of aryl methyl sites for hydroxylation is 1.